The Bertz CT molecular complexity index is 1150. The summed E-state index contributed by atoms with van der Waals surface area (Å²) in [6, 6.07) is 17.5. The molecule has 3 heterocycles. The fourth-order valence-electron chi connectivity index (χ4n) is 3.75. The lowest BCUT2D eigenvalue weighted by Crippen LogP contribution is -2.15. The summed E-state index contributed by atoms with van der Waals surface area (Å²) in [4.78, 5) is 17.2. The zero-order valence-corrected chi connectivity index (χ0v) is 15.8. The van der Waals surface area contributed by atoms with Crippen LogP contribution in [0.1, 0.15) is 33.9 Å². The first-order valence-electron chi connectivity index (χ1n) is 9.69. The van der Waals surface area contributed by atoms with Crippen LogP contribution >= 0.6 is 0 Å². The van der Waals surface area contributed by atoms with Crippen LogP contribution in [-0.2, 0) is 19.4 Å². The Labute approximate surface area is 168 Å². The van der Waals surface area contributed by atoms with Gasteiger partial charge in [-0.3, -0.25) is 14.5 Å². The van der Waals surface area contributed by atoms with E-state index >= 15 is 0 Å². The molecule has 3 aromatic heterocycles. The third-order valence-electron chi connectivity index (χ3n) is 5.08. The van der Waals surface area contributed by atoms with Gasteiger partial charge in [-0.05, 0) is 43.5 Å². The average Bonchev–Trinajstić information content (AvgIpc) is 3.46. The zero-order valence-electron chi connectivity index (χ0n) is 15.8. The van der Waals surface area contributed by atoms with Crippen LogP contribution in [0.5, 0.6) is 0 Å². The van der Waals surface area contributed by atoms with Crippen molar-refractivity contribution in [2.45, 2.75) is 25.8 Å². The van der Waals surface area contributed by atoms with Gasteiger partial charge < -0.3 is 5.32 Å². The number of hydrogen-bond donors (Lipinski definition) is 1. The SMILES string of the molecule is O=C(Nc1ccn(Cc2ccccn2)n1)c1nn(-c2ccccc2)c2c1CCC2. The van der Waals surface area contributed by atoms with Crippen LogP contribution in [0.4, 0.5) is 5.82 Å². The predicted molar refractivity (Wildman–Crippen MR) is 109 cm³/mol. The first kappa shape index (κ1) is 17.4. The van der Waals surface area contributed by atoms with E-state index in [0.29, 0.717) is 18.1 Å². The number of aromatic nitrogens is 5. The Morgan fingerprint density at radius 1 is 1.00 bits per heavy atom. The summed E-state index contributed by atoms with van der Waals surface area (Å²) in [6.45, 7) is 0.550. The van der Waals surface area contributed by atoms with E-state index in [1.54, 1.807) is 16.9 Å². The first-order chi connectivity index (χ1) is 14.3. The van der Waals surface area contributed by atoms with Gasteiger partial charge in [0.25, 0.3) is 5.91 Å². The highest BCUT2D eigenvalue weighted by Gasteiger charge is 2.27. The fraction of sp³-hybridized carbons (Fsp3) is 0.182. The highest BCUT2D eigenvalue weighted by atomic mass is 16.2. The number of anilines is 1. The van der Waals surface area contributed by atoms with Crippen molar-refractivity contribution in [3.8, 4) is 5.69 Å². The molecule has 0 fully saturated rings. The van der Waals surface area contributed by atoms with Crippen LogP contribution in [0.2, 0.25) is 0 Å². The van der Waals surface area contributed by atoms with E-state index in [0.717, 1.165) is 41.9 Å². The number of carbonyl (C=O) groups is 1. The van der Waals surface area contributed by atoms with E-state index in [9.17, 15) is 4.79 Å². The molecule has 144 valence electrons. The van der Waals surface area contributed by atoms with Crippen molar-refractivity contribution in [2.24, 2.45) is 0 Å². The molecule has 1 amide bonds. The van der Waals surface area contributed by atoms with Crippen molar-refractivity contribution in [1.82, 2.24) is 24.5 Å². The second-order valence-electron chi connectivity index (χ2n) is 7.05. The van der Waals surface area contributed by atoms with Crippen LogP contribution in [0.3, 0.4) is 0 Å². The summed E-state index contributed by atoms with van der Waals surface area (Å²) in [5.74, 6) is 0.285. The molecule has 29 heavy (non-hydrogen) atoms. The number of benzene rings is 1. The van der Waals surface area contributed by atoms with Gasteiger partial charge in [-0.25, -0.2) is 4.68 Å². The van der Waals surface area contributed by atoms with Gasteiger partial charge in [0.05, 0.1) is 17.9 Å². The quantitative estimate of drug-likeness (QED) is 0.573. The zero-order chi connectivity index (χ0) is 19.6. The third kappa shape index (κ3) is 3.42. The maximum absolute atomic E-state index is 12.9. The topological polar surface area (TPSA) is 77.6 Å². The number of nitrogens with one attached hydrogen (secondary N) is 1. The molecule has 0 radical (unpaired) electrons. The molecule has 7 nitrogen and oxygen atoms in total. The highest BCUT2D eigenvalue weighted by molar-refractivity contribution is 6.03. The van der Waals surface area contributed by atoms with Gasteiger partial charge in [0.15, 0.2) is 11.5 Å². The smallest absolute Gasteiger partial charge is 0.277 e. The predicted octanol–water partition coefficient (Wildman–Crippen LogP) is 3.25. The highest BCUT2D eigenvalue weighted by Crippen LogP contribution is 2.28. The Morgan fingerprint density at radius 2 is 1.86 bits per heavy atom. The Morgan fingerprint density at radius 3 is 2.69 bits per heavy atom. The van der Waals surface area contributed by atoms with E-state index in [4.69, 9.17) is 0 Å². The number of hydrogen-bond acceptors (Lipinski definition) is 4. The van der Waals surface area contributed by atoms with Gasteiger partial charge in [-0.15, -0.1) is 0 Å². The summed E-state index contributed by atoms with van der Waals surface area (Å²) in [6.07, 6.45) is 6.43. The van der Waals surface area contributed by atoms with E-state index < -0.39 is 0 Å². The second-order valence-corrected chi connectivity index (χ2v) is 7.05. The summed E-state index contributed by atoms with van der Waals surface area (Å²) >= 11 is 0. The molecule has 0 aliphatic heterocycles. The van der Waals surface area contributed by atoms with E-state index in [-0.39, 0.29) is 5.91 Å². The van der Waals surface area contributed by atoms with Crippen molar-refractivity contribution >= 4 is 11.7 Å². The average molecular weight is 384 g/mol. The molecule has 0 saturated heterocycles. The molecule has 1 aliphatic rings. The maximum Gasteiger partial charge on any atom is 0.277 e. The molecular formula is C22H20N6O. The Hall–Kier alpha value is -3.74. The normalized spacial score (nSPS) is 12.7. The monoisotopic (exact) mass is 384 g/mol. The lowest BCUT2D eigenvalue weighted by atomic mass is 10.2. The minimum absolute atomic E-state index is 0.221. The Balaban J connectivity index is 1.37. The van der Waals surface area contributed by atoms with E-state index in [2.05, 4.69) is 20.5 Å². The number of rotatable bonds is 5. The summed E-state index contributed by atoms with van der Waals surface area (Å²) in [5.41, 5.74) is 4.54. The standard InChI is InChI=1S/C22H20N6O/c29-22(24-20-12-14-27(25-20)15-16-7-4-5-13-23-16)21-18-10-6-11-19(18)28(26-21)17-8-2-1-3-9-17/h1-5,7-9,12-14H,6,10-11,15H2,(H,24,25,29). The number of amides is 1. The number of nitrogens with zero attached hydrogens (tertiary/aromatic N) is 5. The van der Waals surface area contributed by atoms with Gasteiger partial charge in [-0.2, -0.15) is 10.2 Å². The molecule has 0 bridgehead atoms. The molecule has 0 spiro atoms. The Kier molecular flexibility index (Phi) is 4.40. The van der Waals surface area contributed by atoms with Crippen molar-refractivity contribution in [2.75, 3.05) is 5.32 Å². The molecule has 7 heteroatoms. The van der Waals surface area contributed by atoms with Gasteiger partial charge in [0.1, 0.15) is 0 Å². The van der Waals surface area contributed by atoms with Crippen LogP contribution in [0, 0.1) is 0 Å². The lowest BCUT2D eigenvalue weighted by molar-refractivity contribution is 0.102. The van der Waals surface area contributed by atoms with Crippen molar-refractivity contribution < 1.29 is 4.79 Å². The molecule has 5 rings (SSSR count). The van der Waals surface area contributed by atoms with Gasteiger partial charge in [-0.1, -0.05) is 24.3 Å². The molecule has 0 atom stereocenters. The molecular weight excluding hydrogens is 364 g/mol. The number of carbonyl (C=O) groups excluding carboxylic acids is 1. The van der Waals surface area contributed by atoms with E-state index in [1.165, 1.54) is 0 Å². The molecule has 1 N–H and O–H groups in total. The van der Waals surface area contributed by atoms with Crippen LogP contribution in [0.25, 0.3) is 5.69 Å². The molecule has 1 aromatic carbocycles. The number of fused-ring (bicyclic) bond motifs is 1. The van der Waals surface area contributed by atoms with Gasteiger partial charge in [0, 0.05) is 29.7 Å². The second kappa shape index (κ2) is 7.35. The summed E-state index contributed by atoms with van der Waals surface area (Å²) in [5, 5.41) is 12.0. The summed E-state index contributed by atoms with van der Waals surface area (Å²) < 4.78 is 3.65. The summed E-state index contributed by atoms with van der Waals surface area (Å²) in [7, 11) is 0. The fourth-order valence-corrected chi connectivity index (χ4v) is 3.75. The van der Waals surface area contributed by atoms with Crippen molar-refractivity contribution in [3.05, 3.63) is 89.6 Å². The van der Waals surface area contributed by atoms with Crippen LogP contribution in [0.15, 0.2) is 67.0 Å². The largest absolute Gasteiger partial charge is 0.304 e. The minimum Gasteiger partial charge on any atom is -0.304 e. The van der Waals surface area contributed by atoms with E-state index in [1.807, 2.05) is 59.4 Å². The minimum atomic E-state index is -0.221. The van der Waals surface area contributed by atoms with Crippen LogP contribution in [-0.4, -0.2) is 30.5 Å². The molecule has 0 unspecified atom stereocenters. The third-order valence-corrected chi connectivity index (χ3v) is 5.08. The van der Waals surface area contributed by atoms with Crippen molar-refractivity contribution in [3.63, 3.8) is 0 Å². The van der Waals surface area contributed by atoms with Gasteiger partial charge in [0.2, 0.25) is 0 Å². The molecule has 0 saturated carbocycles. The molecule has 4 aromatic rings. The van der Waals surface area contributed by atoms with Crippen LogP contribution < -0.4 is 5.32 Å². The number of pyridine rings is 1. The molecule has 1 aliphatic carbocycles. The first-order valence-corrected chi connectivity index (χ1v) is 9.69. The maximum atomic E-state index is 12.9. The number of para-hydroxylation sites is 1. The van der Waals surface area contributed by atoms with Crippen molar-refractivity contribution in [1.29, 1.82) is 0 Å². The van der Waals surface area contributed by atoms with Gasteiger partial charge >= 0.3 is 0 Å². The lowest BCUT2D eigenvalue weighted by Gasteiger charge is -2.04.